The molecule has 0 fully saturated rings. The molecule has 4 nitrogen and oxygen atoms in total. The predicted octanol–water partition coefficient (Wildman–Crippen LogP) is 3.38. The van der Waals surface area contributed by atoms with Crippen LogP contribution in [-0.2, 0) is 15.9 Å². The number of hydrogen-bond donors (Lipinski definition) is 1. The average molecular weight is 314 g/mol. The minimum atomic E-state index is -4.92. The van der Waals surface area contributed by atoms with Crippen LogP contribution in [0, 0.1) is 6.92 Å². The van der Waals surface area contributed by atoms with Gasteiger partial charge in [-0.3, -0.25) is 4.55 Å². The van der Waals surface area contributed by atoms with Crippen molar-refractivity contribution in [3.63, 3.8) is 0 Å². The fourth-order valence-electron chi connectivity index (χ4n) is 1.54. The molecule has 2 rings (SSSR count). The number of rotatable bonds is 0. The predicted molar refractivity (Wildman–Crippen MR) is 64.8 cm³/mol. The van der Waals surface area contributed by atoms with Gasteiger partial charge in [0.25, 0.3) is 0 Å². The monoisotopic (exact) mass is 314 g/mol. The lowest BCUT2D eigenvalue weighted by molar-refractivity contribution is -0.0867. The smallest absolute Gasteiger partial charge is 0.600 e. The van der Waals surface area contributed by atoms with Crippen molar-refractivity contribution in [1.29, 1.82) is 0 Å². The van der Waals surface area contributed by atoms with Crippen molar-refractivity contribution in [3.8, 4) is 0 Å². The Bertz CT molecular complexity index is 666. The topological polar surface area (TPSA) is 77.4 Å². The summed E-state index contributed by atoms with van der Waals surface area (Å²) in [5.74, 6) is 0. The number of hydrogen-bond acceptors (Lipinski definition) is 3. The normalized spacial score (nSPS) is 13.1. The van der Waals surface area contributed by atoms with E-state index in [0.29, 0.717) is 15.0 Å². The Morgan fingerprint density at radius 2 is 1.74 bits per heavy atom. The van der Waals surface area contributed by atoms with Crippen molar-refractivity contribution in [1.82, 2.24) is 0 Å². The molecule has 0 bridgehead atoms. The summed E-state index contributed by atoms with van der Waals surface area (Å²) in [6.07, 6.45) is 0. The zero-order chi connectivity index (χ0) is 14.8. The Morgan fingerprint density at radius 3 is 2.21 bits per heavy atom. The first kappa shape index (κ1) is 15.9. The quantitative estimate of drug-likeness (QED) is 0.459. The highest BCUT2D eigenvalue weighted by molar-refractivity contribution is 7.79. The van der Waals surface area contributed by atoms with Crippen molar-refractivity contribution < 1.29 is 30.7 Å². The van der Waals surface area contributed by atoms with E-state index in [4.69, 9.17) is 17.5 Å². The first-order valence-corrected chi connectivity index (χ1v) is 7.36. The van der Waals surface area contributed by atoms with Crippen LogP contribution in [-0.4, -0.2) is 17.5 Å². The van der Waals surface area contributed by atoms with Gasteiger partial charge in [0.1, 0.15) is 0 Å². The van der Waals surface area contributed by atoms with Crippen LogP contribution in [0.1, 0.15) is 4.88 Å². The summed E-state index contributed by atoms with van der Waals surface area (Å²) in [5, 5.41) is 0.700. The van der Waals surface area contributed by atoms with Gasteiger partial charge in [-0.15, -0.1) is 13.2 Å². The highest BCUT2D eigenvalue weighted by atomic mass is 32.3. The van der Waals surface area contributed by atoms with Gasteiger partial charge in [0.15, 0.2) is 9.58 Å². The Hall–Kier alpha value is -1.16. The number of aryl methyl sites for hydroxylation is 1. The lowest BCUT2D eigenvalue weighted by Crippen LogP contribution is -1.95. The zero-order valence-electron chi connectivity index (χ0n) is 9.51. The summed E-state index contributed by atoms with van der Waals surface area (Å²) in [6, 6.07) is 8.30. The maximum absolute atomic E-state index is 12.7. The van der Waals surface area contributed by atoms with Crippen LogP contribution in [0.15, 0.2) is 30.3 Å². The van der Waals surface area contributed by atoms with Crippen molar-refractivity contribution in [2.75, 3.05) is 0 Å². The molecule has 1 N–H and O–H groups in total. The van der Waals surface area contributed by atoms with Crippen LogP contribution in [0.5, 0.6) is 0 Å². The lowest BCUT2D eigenvalue weighted by Gasteiger charge is -1.96. The first-order valence-electron chi connectivity index (χ1n) is 4.77. The number of alkyl halides is 3. The third-order valence-corrected chi connectivity index (χ3v) is 4.09. The Kier molecular flexibility index (Phi) is 4.56. The highest BCUT2D eigenvalue weighted by Gasteiger charge is 2.46. The molecular formula is C10H9F3O4S2. The van der Waals surface area contributed by atoms with Crippen molar-refractivity contribution in [2.45, 2.75) is 12.4 Å². The van der Waals surface area contributed by atoms with Gasteiger partial charge in [0, 0.05) is 18.4 Å². The van der Waals surface area contributed by atoms with E-state index in [1.165, 1.54) is 6.92 Å². The molecule has 0 saturated heterocycles. The van der Waals surface area contributed by atoms with E-state index in [9.17, 15) is 13.2 Å². The van der Waals surface area contributed by atoms with Crippen LogP contribution in [0.3, 0.4) is 0 Å². The van der Waals surface area contributed by atoms with Gasteiger partial charge >= 0.3 is 5.51 Å². The standard InChI is InChI=1S/C10H8F3S.H2O4S/c1-7-6-8-4-2-3-5-9(8)14(7)10(11,12)13;1-5(2,3)4/h2-6H,1H3;(H2,1,2,3,4)/q+1;/p-1. The average Bonchev–Trinajstić information content (AvgIpc) is 2.49. The maximum atomic E-state index is 12.7. The van der Waals surface area contributed by atoms with Gasteiger partial charge in [-0.25, -0.2) is 8.42 Å². The third-order valence-electron chi connectivity index (χ3n) is 2.05. The molecule has 0 aliphatic heterocycles. The molecule has 19 heavy (non-hydrogen) atoms. The number of benzene rings is 1. The molecule has 1 atom stereocenters. The molecule has 1 aromatic carbocycles. The number of fused-ring (bicyclic) bond motifs is 1. The van der Waals surface area contributed by atoms with Gasteiger partial charge in [-0.1, -0.05) is 12.1 Å². The second kappa shape index (κ2) is 5.45. The molecule has 106 valence electrons. The first-order chi connectivity index (χ1) is 8.50. The van der Waals surface area contributed by atoms with Crippen molar-refractivity contribution in [3.05, 3.63) is 35.2 Å². The summed E-state index contributed by atoms with van der Waals surface area (Å²) >= 11 is 0. The van der Waals surface area contributed by atoms with Crippen LogP contribution >= 0.6 is 10.5 Å². The molecule has 0 amide bonds. The van der Waals surface area contributed by atoms with E-state index in [-0.39, 0.29) is 0 Å². The second-order valence-electron chi connectivity index (χ2n) is 3.47. The van der Waals surface area contributed by atoms with Crippen molar-refractivity contribution >= 4 is 31.0 Å². The highest BCUT2D eigenvalue weighted by Crippen LogP contribution is 2.50. The van der Waals surface area contributed by atoms with Gasteiger partial charge in [0.2, 0.25) is 10.4 Å². The minimum Gasteiger partial charge on any atom is -0.726 e. The molecule has 0 spiro atoms. The Balaban J connectivity index is 0.000000312. The fourth-order valence-corrected chi connectivity index (χ4v) is 3.33. The van der Waals surface area contributed by atoms with Gasteiger partial charge < -0.3 is 4.55 Å². The van der Waals surface area contributed by atoms with Crippen LogP contribution in [0.25, 0.3) is 10.1 Å². The molecule has 0 aliphatic carbocycles. The molecular weight excluding hydrogens is 305 g/mol. The number of halogens is 3. The number of thiophene rings is 1. The van der Waals surface area contributed by atoms with Gasteiger partial charge in [0.05, 0.1) is 10.5 Å². The molecule has 2 aromatic rings. The third kappa shape index (κ3) is 4.78. The van der Waals surface area contributed by atoms with Crippen LogP contribution in [0.2, 0.25) is 0 Å². The molecule has 9 heteroatoms. The van der Waals surface area contributed by atoms with E-state index in [0.717, 1.165) is 0 Å². The molecule has 0 saturated carbocycles. The Labute approximate surface area is 110 Å². The molecule has 1 aromatic heterocycles. The van der Waals surface area contributed by atoms with E-state index >= 15 is 0 Å². The van der Waals surface area contributed by atoms with Crippen molar-refractivity contribution in [2.24, 2.45) is 0 Å². The van der Waals surface area contributed by atoms with Crippen LogP contribution < -0.4 is 0 Å². The zero-order valence-corrected chi connectivity index (χ0v) is 11.1. The van der Waals surface area contributed by atoms with E-state index < -0.39 is 26.4 Å². The molecule has 1 unspecified atom stereocenters. The summed E-state index contributed by atoms with van der Waals surface area (Å²) in [7, 11) is -6.62. The molecule has 0 radical (unpaired) electrons. The van der Waals surface area contributed by atoms with Gasteiger partial charge in [-0.05, 0) is 12.1 Å². The summed E-state index contributed by atoms with van der Waals surface area (Å²) in [4.78, 5) is 0.402. The van der Waals surface area contributed by atoms with Crippen LogP contribution in [0.4, 0.5) is 13.2 Å². The molecule has 1 heterocycles. The SMILES string of the molecule is Cc1cc2ccccc2[s+]1C(F)(F)F.O=S(=O)([O-])O. The lowest BCUT2D eigenvalue weighted by atomic mass is 10.2. The Morgan fingerprint density at radius 1 is 1.26 bits per heavy atom. The maximum Gasteiger partial charge on any atom is 0.600 e. The van der Waals surface area contributed by atoms with E-state index in [1.807, 2.05) is 0 Å². The van der Waals surface area contributed by atoms with E-state index in [1.54, 1.807) is 30.3 Å². The summed E-state index contributed by atoms with van der Waals surface area (Å²) in [6.45, 7) is 1.54. The summed E-state index contributed by atoms with van der Waals surface area (Å²) < 4.78 is 71.2. The van der Waals surface area contributed by atoms with Gasteiger partial charge in [-0.2, -0.15) is 0 Å². The summed E-state index contributed by atoms with van der Waals surface area (Å²) in [5.41, 5.74) is -4.15. The minimum absolute atomic E-state index is 0.400. The molecule has 0 aliphatic rings. The largest absolute Gasteiger partial charge is 0.726 e. The van der Waals surface area contributed by atoms with E-state index in [2.05, 4.69) is 0 Å². The fraction of sp³-hybridized carbons (Fsp3) is 0.200. The second-order valence-corrected chi connectivity index (χ2v) is 6.49.